The molecule has 0 aliphatic rings. The third-order valence-electron chi connectivity index (χ3n) is 2.52. The molecule has 1 amide bonds. The van der Waals surface area contributed by atoms with Gasteiger partial charge in [0.25, 0.3) is 5.91 Å². The van der Waals surface area contributed by atoms with E-state index >= 15 is 0 Å². The van der Waals surface area contributed by atoms with Crippen molar-refractivity contribution in [3.8, 4) is 0 Å². The number of benzene rings is 1. The van der Waals surface area contributed by atoms with Crippen LogP contribution in [0.25, 0.3) is 0 Å². The summed E-state index contributed by atoms with van der Waals surface area (Å²) in [5, 5.41) is 14.4. The highest BCUT2D eigenvalue weighted by atomic mass is 35.5. The average molecular weight is 305 g/mol. The smallest absolute Gasteiger partial charge is 0.272 e. The van der Waals surface area contributed by atoms with Crippen molar-refractivity contribution in [2.45, 2.75) is 26.3 Å². The van der Waals surface area contributed by atoms with Crippen molar-refractivity contribution in [2.24, 2.45) is 0 Å². The number of halogens is 1. The van der Waals surface area contributed by atoms with E-state index in [2.05, 4.69) is 20.8 Å². The summed E-state index contributed by atoms with van der Waals surface area (Å²) >= 11 is 6.05. The lowest BCUT2D eigenvalue weighted by Crippen LogP contribution is -2.41. The van der Waals surface area contributed by atoms with E-state index in [-0.39, 0.29) is 17.1 Å². The Hall–Kier alpha value is -2.14. The van der Waals surface area contributed by atoms with Gasteiger partial charge >= 0.3 is 0 Å². The zero-order chi connectivity index (χ0) is 15.5. The van der Waals surface area contributed by atoms with Crippen LogP contribution in [0.5, 0.6) is 0 Å². The molecular formula is C15H17ClN4O. The van der Waals surface area contributed by atoms with E-state index in [1.54, 1.807) is 18.2 Å². The molecule has 0 atom stereocenters. The molecular weight excluding hydrogens is 288 g/mol. The van der Waals surface area contributed by atoms with Crippen molar-refractivity contribution in [2.75, 3.05) is 5.32 Å². The van der Waals surface area contributed by atoms with Gasteiger partial charge in [0.05, 0.1) is 10.7 Å². The van der Waals surface area contributed by atoms with Crippen LogP contribution in [-0.2, 0) is 0 Å². The molecule has 0 radical (unpaired) electrons. The number of amides is 1. The van der Waals surface area contributed by atoms with Gasteiger partial charge < -0.3 is 10.6 Å². The van der Waals surface area contributed by atoms with Crippen molar-refractivity contribution >= 4 is 29.0 Å². The molecule has 2 N–H and O–H groups in total. The average Bonchev–Trinajstić information content (AvgIpc) is 2.40. The number of hydrogen-bond acceptors (Lipinski definition) is 4. The Labute approximate surface area is 128 Å². The minimum Gasteiger partial charge on any atom is -0.346 e. The number of para-hydroxylation sites is 1. The summed E-state index contributed by atoms with van der Waals surface area (Å²) in [5.41, 5.74) is 0.697. The maximum Gasteiger partial charge on any atom is 0.272 e. The number of rotatable bonds is 3. The summed E-state index contributed by atoms with van der Waals surface area (Å²) in [7, 11) is 0. The summed E-state index contributed by atoms with van der Waals surface area (Å²) in [5.74, 6) is 0.273. The Morgan fingerprint density at radius 1 is 1.10 bits per heavy atom. The Morgan fingerprint density at radius 2 is 1.81 bits per heavy atom. The van der Waals surface area contributed by atoms with E-state index in [1.165, 1.54) is 0 Å². The molecule has 0 unspecified atom stereocenters. The van der Waals surface area contributed by atoms with E-state index in [1.807, 2.05) is 39.0 Å². The van der Waals surface area contributed by atoms with Crippen LogP contribution >= 0.6 is 11.6 Å². The number of anilines is 2. The van der Waals surface area contributed by atoms with Crippen molar-refractivity contribution in [3.05, 3.63) is 47.1 Å². The lowest BCUT2D eigenvalue weighted by atomic mass is 10.1. The van der Waals surface area contributed by atoms with Crippen LogP contribution in [0.1, 0.15) is 31.3 Å². The van der Waals surface area contributed by atoms with Crippen LogP contribution in [0.15, 0.2) is 36.4 Å². The first-order chi connectivity index (χ1) is 9.85. The first kappa shape index (κ1) is 15.3. The molecule has 0 aliphatic carbocycles. The molecule has 2 aromatic rings. The molecule has 6 heteroatoms. The van der Waals surface area contributed by atoms with Crippen molar-refractivity contribution in [3.63, 3.8) is 0 Å². The fourth-order valence-corrected chi connectivity index (χ4v) is 1.81. The first-order valence-corrected chi connectivity index (χ1v) is 6.91. The van der Waals surface area contributed by atoms with E-state index in [9.17, 15) is 4.79 Å². The standard InChI is InChI=1S/C15H17ClN4O/c1-15(2,3)18-14(21)12-8-9-13(20-19-12)17-11-7-5-4-6-10(11)16/h4-9H,1-3H3,(H,17,20)(H,18,21). The summed E-state index contributed by atoms with van der Waals surface area (Å²) in [6.07, 6.45) is 0. The SMILES string of the molecule is CC(C)(C)NC(=O)c1ccc(Nc2ccccc2Cl)nn1. The van der Waals surface area contributed by atoms with Crippen molar-refractivity contribution < 1.29 is 4.79 Å². The van der Waals surface area contributed by atoms with Crippen molar-refractivity contribution in [1.82, 2.24) is 15.5 Å². The zero-order valence-corrected chi connectivity index (χ0v) is 12.9. The van der Waals surface area contributed by atoms with Gasteiger partial charge in [-0.1, -0.05) is 23.7 Å². The number of nitrogens with one attached hydrogen (secondary N) is 2. The Balaban J connectivity index is 2.09. The fraction of sp³-hybridized carbons (Fsp3) is 0.267. The second kappa shape index (κ2) is 6.10. The molecule has 1 aromatic carbocycles. The summed E-state index contributed by atoms with van der Waals surface area (Å²) < 4.78 is 0. The van der Waals surface area contributed by atoms with Crippen molar-refractivity contribution in [1.29, 1.82) is 0 Å². The fourth-order valence-electron chi connectivity index (χ4n) is 1.63. The molecule has 110 valence electrons. The highest BCUT2D eigenvalue weighted by Gasteiger charge is 2.16. The number of carbonyl (C=O) groups is 1. The first-order valence-electron chi connectivity index (χ1n) is 6.53. The van der Waals surface area contributed by atoms with Crippen LogP contribution < -0.4 is 10.6 Å². The number of aromatic nitrogens is 2. The van der Waals surface area contributed by atoms with Gasteiger partial charge in [-0.25, -0.2) is 0 Å². The van der Waals surface area contributed by atoms with Crippen LogP contribution in [0, 0.1) is 0 Å². The topological polar surface area (TPSA) is 66.9 Å². The van der Waals surface area contributed by atoms with E-state index in [0.29, 0.717) is 10.8 Å². The third kappa shape index (κ3) is 4.43. The van der Waals surface area contributed by atoms with E-state index < -0.39 is 0 Å². The summed E-state index contributed by atoms with van der Waals surface area (Å²) in [6.45, 7) is 5.73. The predicted octanol–water partition coefficient (Wildman–Crippen LogP) is 3.40. The highest BCUT2D eigenvalue weighted by molar-refractivity contribution is 6.33. The number of hydrogen-bond donors (Lipinski definition) is 2. The maximum atomic E-state index is 11.9. The van der Waals surface area contributed by atoms with E-state index in [0.717, 1.165) is 5.69 Å². The third-order valence-corrected chi connectivity index (χ3v) is 2.85. The van der Waals surface area contributed by atoms with Crippen LogP contribution in [0.2, 0.25) is 5.02 Å². The second-order valence-corrected chi connectivity index (χ2v) is 6.02. The van der Waals surface area contributed by atoms with Gasteiger partial charge in [0.2, 0.25) is 0 Å². The molecule has 0 spiro atoms. The Bertz CT molecular complexity index is 635. The van der Waals surface area contributed by atoms with Gasteiger partial charge in [0.1, 0.15) is 0 Å². The highest BCUT2D eigenvalue weighted by Crippen LogP contribution is 2.23. The quantitative estimate of drug-likeness (QED) is 0.912. The van der Waals surface area contributed by atoms with Gasteiger partial charge in [-0.15, -0.1) is 10.2 Å². The van der Waals surface area contributed by atoms with Crippen LogP contribution in [0.4, 0.5) is 11.5 Å². The molecule has 1 heterocycles. The molecule has 0 fully saturated rings. The monoisotopic (exact) mass is 304 g/mol. The molecule has 0 saturated carbocycles. The molecule has 0 aliphatic heterocycles. The van der Waals surface area contributed by atoms with Gasteiger partial charge in [0.15, 0.2) is 11.5 Å². The lowest BCUT2D eigenvalue weighted by Gasteiger charge is -2.19. The Kier molecular flexibility index (Phi) is 4.43. The van der Waals surface area contributed by atoms with E-state index in [4.69, 9.17) is 11.6 Å². The van der Waals surface area contributed by atoms with Gasteiger partial charge in [-0.05, 0) is 45.0 Å². The number of nitrogens with zero attached hydrogens (tertiary/aromatic N) is 2. The maximum absolute atomic E-state index is 11.9. The normalized spacial score (nSPS) is 11.0. The zero-order valence-electron chi connectivity index (χ0n) is 12.1. The predicted molar refractivity (Wildman–Crippen MR) is 84.0 cm³/mol. The van der Waals surface area contributed by atoms with Gasteiger partial charge in [-0.2, -0.15) is 0 Å². The largest absolute Gasteiger partial charge is 0.346 e. The minimum atomic E-state index is -0.312. The molecule has 0 bridgehead atoms. The van der Waals surface area contributed by atoms with Crippen LogP contribution in [-0.4, -0.2) is 21.6 Å². The molecule has 21 heavy (non-hydrogen) atoms. The molecule has 5 nitrogen and oxygen atoms in total. The van der Waals surface area contributed by atoms with Crippen LogP contribution in [0.3, 0.4) is 0 Å². The Morgan fingerprint density at radius 3 is 2.38 bits per heavy atom. The second-order valence-electron chi connectivity index (χ2n) is 5.61. The summed E-state index contributed by atoms with van der Waals surface area (Å²) in [4.78, 5) is 11.9. The number of carbonyl (C=O) groups excluding carboxylic acids is 1. The summed E-state index contributed by atoms with van der Waals surface area (Å²) in [6, 6.07) is 10.6. The molecule has 0 saturated heterocycles. The minimum absolute atomic E-state index is 0.251. The van der Waals surface area contributed by atoms with Gasteiger partial charge in [0, 0.05) is 5.54 Å². The molecule has 1 aromatic heterocycles. The van der Waals surface area contributed by atoms with Gasteiger partial charge in [-0.3, -0.25) is 4.79 Å². The molecule has 2 rings (SSSR count). The lowest BCUT2D eigenvalue weighted by molar-refractivity contribution is 0.0913.